The Morgan fingerprint density at radius 2 is 1.03 bits per heavy atom. The average Bonchev–Trinajstić information content (AvgIpc) is 2.82. The van der Waals surface area contributed by atoms with E-state index in [0.717, 1.165) is 24.4 Å². The highest BCUT2D eigenvalue weighted by atomic mass is 15.1. The van der Waals surface area contributed by atoms with Crippen LogP contribution in [0.15, 0.2) is 91.4 Å². The molecule has 2 aromatic carbocycles. The van der Waals surface area contributed by atoms with E-state index >= 15 is 0 Å². The molecule has 0 aliphatic carbocycles. The van der Waals surface area contributed by atoms with Gasteiger partial charge in [-0.25, -0.2) is 9.97 Å². The van der Waals surface area contributed by atoms with Crippen molar-refractivity contribution in [1.29, 1.82) is 0 Å². The first-order chi connectivity index (χ1) is 15.5. The van der Waals surface area contributed by atoms with Gasteiger partial charge < -0.3 is 9.80 Å². The van der Waals surface area contributed by atoms with Crippen molar-refractivity contribution in [3.8, 4) is 0 Å². The molecule has 164 valence electrons. The van der Waals surface area contributed by atoms with Crippen LogP contribution in [0.4, 0.5) is 11.4 Å². The summed E-state index contributed by atoms with van der Waals surface area (Å²) in [4.78, 5) is 16.9. The normalized spacial score (nSPS) is 10.1. The van der Waals surface area contributed by atoms with Crippen LogP contribution < -0.4 is 9.80 Å². The first-order valence-electron chi connectivity index (χ1n) is 10.7. The van der Waals surface area contributed by atoms with E-state index in [1.54, 1.807) is 12.4 Å². The second kappa shape index (κ2) is 11.6. The van der Waals surface area contributed by atoms with Crippen LogP contribution >= 0.6 is 0 Å². The monoisotopic (exact) mass is 425 g/mol. The smallest absolute Gasteiger partial charge is 0.132 e. The zero-order chi connectivity index (χ0) is 22.8. The highest BCUT2D eigenvalue weighted by Crippen LogP contribution is 2.15. The first kappa shape index (κ1) is 22.9. The lowest BCUT2D eigenvalue weighted by molar-refractivity contribution is 0.967. The summed E-state index contributed by atoms with van der Waals surface area (Å²) < 4.78 is 0. The molecule has 4 rings (SSSR count). The molecule has 4 aromatic rings. The van der Waals surface area contributed by atoms with Crippen LogP contribution in [0.5, 0.6) is 0 Å². The van der Waals surface area contributed by atoms with Crippen LogP contribution in [0.25, 0.3) is 0 Å². The van der Waals surface area contributed by atoms with Crippen LogP contribution in [0.2, 0.25) is 0 Å². The Morgan fingerprint density at radius 3 is 1.50 bits per heavy atom. The zero-order valence-electron chi connectivity index (χ0n) is 19.3. The third-order valence-electron chi connectivity index (χ3n) is 5.00. The van der Waals surface area contributed by atoms with E-state index in [1.165, 1.54) is 22.5 Å². The van der Waals surface area contributed by atoms with Crippen molar-refractivity contribution in [2.45, 2.75) is 12.8 Å². The van der Waals surface area contributed by atoms with Crippen molar-refractivity contribution < 1.29 is 0 Å². The molecule has 0 spiro atoms. The summed E-state index contributed by atoms with van der Waals surface area (Å²) in [6.45, 7) is 0. The predicted octanol–water partition coefficient (Wildman–Crippen LogP) is 4.87. The van der Waals surface area contributed by atoms with Gasteiger partial charge in [0.25, 0.3) is 0 Å². The molecule has 0 radical (unpaired) electrons. The lowest BCUT2D eigenvalue weighted by atomic mass is 10.1. The van der Waals surface area contributed by atoms with Crippen LogP contribution in [-0.4, -0.2) is 43.1 Å². The number of aromatic nitrogens is 3. The van der Waals surface area contributed by atoms with Gasteiger partial charge >= 0.3 is 0 Å². The van der Waals surface area contributed by atoms with Gasteiger partial charge in [-0.1, -0.05) is 30.3 Å². The fraction of sp³-hybridized carbons (Fsp3) is 0.222. The molecule has 0 fully saturated rings. The second-order valence-corrected chi connectivity index (χ2v) is 7.96. The number of hydrogen-bond acceptors (Lipinski definition) is 5. The van der Waals surface area contributed by atoms with Gasteiger partial charge in [-0.3, -0.25) is 4.98 Å². The highest BCUT2D eigenvalue weighted by Gasteiger charge is 2.00. The van der Waals surface area contributed by atoms with Gasteiger partial charge in [-0.05, 0) is 53.6 Å². The average molecular weight is 426 g/mol. The minimum absolute atomic E-state index is 0.786. The Morgan fingerprint density at radius 1 is 0.531 bits per heavy atom. The number of anilines is 2. The quantitative estimate of drug-likeness (QED) is 0.441. The van der Waals surface area contributed by atoms with Crippen molar-refractivity contribution >= 4 is 11.4 Å². The van der Waals surface area contributed by atoms with Crippen LogP contribution in [0, 0.1) is 0 Å². The van der Waals surface area contributed by atoms with Gasteiger partial charge in [0.1, 0.15) is 5.82 Å². The van der Waals surface area contributed by atoms with Gasteiger partial charge in [0, 0.05) is 76.7 Å². The van der Waals surface area contributed by atoms with Crippen LogP contribution in [-0.2, 0) is 12.8 Å². The molecule has 0 bridgehead atoms. The zero-order valence-corrected chi connectivity index (χ0v) is 19.3. The van der Waals surface area contributed by atoms with Crippen molar-refractivity contribution in [1.82, 2.24) is 15.0 Å². The maximum absolute atomic E-state index is 4.32. The number of hydrogen-bond donors (Lipinski definition) is 0. The molecular weight excluding hydrogens is 394 g/mol. The Balaban J connectivity index is 0.000000181. The third-order valence-corrected chi connectivity index (χ3v) is 5.00. The molecule has 0 saturated heterocycles. The topological polar surface area (TPSA) is 45.2 Å². The molecule has 5 heteroatoms. The molecule has 0 aliphatic rings. The molecule has 2 aromatic heterocycles. The fourth-order valence-electron chi connectivity index (χ4n) is 3.14. The van der Waals surface area contributed by atoms with Gasteiger partial charge in [0.05, 0.1) is 0 Å². The van der Waals surface area contributed by atoms with E-state index < -0.39 is 0 Å². The molecule has 0 unspecified atom stereocenters. The molecule has 32 heavy (non-hydrogen) atoms. The first-order valence-corrected chi connectivity index (χ1v) is 10.7. The molecule has 0 saturated carbocycles. The molecular formula is C27H31N5. The Hall–Kier alpha value is -3.73. The number of pyridine rings is 1. The van der Waals surface area contributed by atoms with Gasteiger partial charge in [-0.2, -0.15) is 0 Å². The lowest BCUT2D eigenvalue weighted by Gasteiger charge is -2.12. The van der Waals surface area contributed by atoms with Crippen molar-refractivity contribution in [3.63, 3.8) is 0 Å². The summed E-state index contributed by atoms with van der Waals surface area (Å²) in [5.41, 5.74) is 6.07. The van der Waals surface area contributed by atoms with E-state index in [1.807, 2.05) is 52.6 Å². The van der Waals surface area contributed by atoms with E-state index in [-0.39, 0.29) is 0 Å². The van der Waals surface area contributed by atoms with E-state index in [0.29, 0.717) is 0 Å². The Labute approximate surface area is 191 Å². The van der Waals surface area contributed by atoms with E-state index in [4.69, 9.17) is 0 Å². The largest absolute Gasteiger partial charge is 0.378 e. The minimum atomic E-state index is 0.786. The van der Waals surface area contributed by atoms with Gasteiger partial charge in [0.2, 0.25) is 0 Å². The van der Waals surface area contributed by atoms with Gasteiger partial charge in [0.15, 0.2) is 0 Å². The molecule has 0 aliphatic heterocycles. The van der Waals surface area contributed by atoms with Crippen molar-refractivity contribution in [3.05, 3.63) is 114 Å². The minimum Gasteiger partial charge on any atom is -0.378 e. The van der Waals surface area contributed by atoms with Crippen LogP contribution in [0.1, 0.15) is 22.6 Å². The van der Waals surface area contributed by atoms with E-state index in [2.05, 4.69) is 79.3 Å². The standard InChI is InChI=1S/C14H16N2.C13H15N3/c1-16(2)14-8-6-12(7-9-14)11-13-5-3-4-10-15-13;1-16(2)12-6-4-11(5-7-12)10-13-14-8-3-9-15-13/h3-10H,11H2,1-2H3;3-9H,10H2,1-2H3. The summed E-state index contributed by atoms with van der Waals surface area (Å²) in [7, 11) is 8.17. The van der Waals surface area contributed by atoms with Crippen molar-refractivity contribution in [2.24, 2.45) is 0 Å². The Kier molecular flexibility index (Phi) is 8.32. The highest BCUT2D eigenvalue weighted by molar-refractivity contribution is 5.47. The summed E-state index contributed by atoms with van der Waals surface area (Å²) in [5.74, 6) is 0.861. The maximum atomic E-state index is 4.32. The number of rotatable bonds is 6. The number of benzene rings is 2. The Bertz CT molecular complexity index is 956. The van der Waals surface area contributed by atoms with E-state index in [9.17, 15) is 0 Å². The predicted molar refractivity (Wildman–Crippen MR) is 133 cm³/mol. The second-order valence-electron chi connectivity index (χ2n) is 7.96. The molecule has 0 atom stereocenters. The summed E-state index contributed by atoms with van der Waals surface area (Å²) in [5, 5.41) is 0. The van der Waals surface area contributed by atoms with Crippen LogP contribution in [0.3, 0.4) is 0 Å². The molecule has 2 heterocycles. The maximum Gasteiger partial charge on any atom is 0.132 e. The summed E-state index contributed by atoms with van der Waals surface area (Å²) >= 11 is 0. The SMILES string of the molecule is CN(C)c1ccc(Cc2ccccn2)cc1.CN(C)c1ccc(Cc2ncccn2)cc1. The summed E-state index contributed by atoms with van der Waals surface area (Å²) in [6, 6.07) is 24.9. The van der Waals surface area contributed by atoms with Gasteiger partial charge in [-0.15, -0.1) is 0 Å². The number of nitrogens with zero attached hydrogens (tertiary/aromatic N) is 5. The molecule has 0 amide bonds. The fourth-order valence-corrected chi connectivity index (χ4v) is 3.14. The van der Waals surface area contributed by atoms with Crippen molar-refractivity contribution in [2.75, 3.05) is 38.0 Å². The third kappa shape index (κ3) is 7.20. The lowest BCUT2D eigenvalue weighted by Crippen LogP contribution is -2.08. The molecule has 0 N–H and O–H groups in total. The molecule has 5 nitrogen and oxygen atoms in total. The summed E-state index contributed by atoms with van der Waals surface area (Å²) in [6.07, 6.45) is 7.07.